The Kier molecular flexibility index (Phi) is 2.06. The second kappa shape index (κ2) is 2.84. The van der Waals surface area contributed by atoms with E-state index in [1.165, 1.54) is 7.11 Å². The minimum absolute atomic E-state index is 0.162. The van der Waals surface area contributed by atoms with E-state index in [0.29, 0.717) is 0 Å². The number of rotatable bonds is 1. The van der Waals surface area contributed by atoms with Crippen molar-refractivity contribution in [2.45, 2.75) is 6.04 Å². The van der Waals surface area contributed by atoms with Crippen LogP contribution in [-0.4, -0.2) is 37.6 Å². The highest BCUT2D eigenvalue weighted by molar-refractivity contribution is 5.78. The molecule has 0 radical (unpaired) electrons. The molecule has 0 aromatic heterocycles. The molecule has 0 amide bonds. The van der Waals surface area contributed by atoms with Crippen molar-refractivity contribution in [3.63, 3.8) is 0 Å². The molecule has 3 nitrogen and oxygen atoms in total. The van der Waals surface area contributed by atoms with E-state index in [0.717, 1.165) is 6.54 Å². The summed E-state index contributed by atoms with van der Waals surface area (Å²) >= 11 is 0. The third kappa shape index (κ3) is 1.19. The molecule has 0 bridgehead atoms. The summed E-state index contributed by atoms with van der Waals surface area (Å²) < 4.78 is 4.57. The van der Waals surface area contributed by atoms with Gasteiger partial charge < -0.3 is 4.74 Å². The first-order valence-electron chi connectivity index (χ1n) is 3.20. The Hall–Kier alpha value is -0.830. The zero-order chi connectivity index (χ0) is 7.56. The van der Waals surface area contributed by atoms with Crippen LogP contribution in [0.2, 0.25) is 0 Å². The second-order valence-electron chi connectivity index (χ2n) is 2.34. The summed E-state index contributed by atoms with van der Waals surface area (Å²) in [5.41, 5.74) is 0. The quantitative estimate of drug-likeness (QED) is 0.381. The van der Waals surface area contributed by atoms with Gasteiger partial charge in [0.15, 0.2) is 0 Å². The Morgan fingerprint density at radius 1 is 1.80 bits per heavy atom. The van der Waals surface area contributed by atoms with E-state index >= 15 is 0 Å². The molecule has 0 fully saturated rings. The number of methoxy groups -OCH3 is 1. The fourth-order valence-corrected chi connectivity index (χ4v) is 0.996. The van der Waals surface area contributed by atoms with E-state index in [-0.39, 0.29) is 12.0 Å². The average molecular weight is 141 g/mol. The Morgan fingerprint density at radius 3 is 2.90 bits per heavy atom. The monoisotopic (exact) mass is 141 g/mol. The van der Waals surface area contributed by atoms with Gasteiger partial charge in [-0.25, -0.2) is 0 Å². The van der Waals surface area contributed by atoms with Crippen LogP contribution >= 0.6 is 0 Å². The van der Waals surface area contributed by atoms with Gasteiger partial charge in [0.2, 0.25) is 0 Å². The molecule has 0 aromatic rings. The van der Waals surface area contributed by atoms with Crippen molar-refractivity contribution < 1.29 is 9.53 Å². The zero-order valence-corrected chi connectivity index (χ0v) is 6.20. The standard InChI is InChI=1S/C7H11NO2/c1-8-5-3-4-6(8)7(9)10-2/h3-4,6H,5H2,1-2H3. The highest BCUT2D eigenvalue weighted by atomic mass is 16.5. The van der Waals surface area contributed by atoms with Crippen molar-refractivity contribution >= 4 is 5.97 Å². The summed E-state index contributed by atoms with van der Waals surface area (Å²) in [5.74, 6) is -0.184. The molecule has 1 aliphatic rings. The molecule has 1 atom stereocenters. The molecule has 1 rings (SSSR count). The van der Waals surface area contributed by atoms with Gasteiger partial charge in [0.25, 0.3) is 0 Å². The molecule has 1 heterocycles. The minimum atomic E-state index is -0.184. The Morgan fingerprint density at radius 2 is 2.50 bits per heavy atom. The Balaban J connectivity index is 2.55. The summed E-state index contributed by atoms with van der Waals surface area (Å²) in [4.78, 5) is 12.8. The molecular formula is C7H11NO2. The van der Waals surface area contributed by atoms with Gasteiger partial charge in [-0.15, -0.1) is 0 Å². The summed E-state index contributed by atoms with van der Waals surface area (Å²) in [6, 6.07) is -0.162. The van der Waals surface area contributed by atoms with E-state index in [1.54, 1.807) is 0 Å². The number of nitrogens with zero attached hydrogens (tertiary/aromatic N) is 1. The van der Waals surface area contributed by atoms with Crippen molar-refractivity contribution in [3.8, 4) is 0 Å². The molecule has 3 heteroatoms. The third-order valence-electron chi connectivity index (χ3n) is 1.63. The van der Waals surface area contributed by atoms with Crippen molar-refractivity contribution in [2.24, 2.45) is 0 Å². The summed E-state index contributed by atoms with van der Waals surface area (Å²) in [6.07, 6.45) is 3.81. The predicted molar refractivity (Wildman–Crippen MR) is 37.6 cm³/mol. The lowest BCUT2D eigenvalue weighted by Gasteiger charge is -2.15. The lowest BCUT2D eigenvalue weighted by Crippen LogP contribution is -2.33. The Labute approximate surface area is 60.3 Å². The molecule has 0 spiro atoms. The number of ether oxygens (including phenoxy) is 1. The molecule has 0 saturated carbocycles. The fraction of sp³-hybridized carbons (Fsp3) is 0.571. The Bertz CT molecular complexity index is 165. The van der Waals surface area contributed by atoms with Gasteiger partial charge in [-0.1, -0.05) is 12.2 Å². The lowest BCUT2D eigenvalue weighted by molar-refractivity contribution is -0.144. The van der Waals surface area contributed by atoms with Gasteiger partial charge in [-0.3, -0.25) is 9.69 Å². The summed E-state index contributed by atoms with van der Waals surface area (Å²) in [5, 5.41) is 0. The van der Waals surface area contributed by atoms with Crippen LogP contribution in [0.3, 0.4) is 0 Å². The maximum absolute atomic E-state index is 10.9. The maximum Gasteiger partial charge on any atom is 0.327 e. The van der Waals surface area contributed by atoms with E-state index in [9.17, 15) is 4.79 Å². The van der Waals surface area contributed by atoms with Crippen LogP contribution < -0.4 is 0 Å². The zero-order valence-electron chi connectivity index (χ0n) is 6.20. The number of hydrogen-bond donors (Lipinski definition) is 0. The molecular weight excluding hydrogens is 130 g/mol. The van der Waals surface area contributed by atoms with Gasteiger partial charge in [0.05, 0.1) is 7.11 Å². The van der Waals surface area contributed by atoms with E-state index < -0.39 is 0 Å². The SMILES string of the molecule is COC(=O)C1C=CCN1C. The highest BCUT2D eigenvalue weighted by Crippen LogP contribution is 2.07. The topological polar surface area (TPSA) is 29.5 Å². The van der Waals surface area contributed by atoms with Crippen LogP contribution in [-0.2, 0) is 9.53 Å². The first kappa shape index (κ1) is 7.28. The van der Waals surface area contributed by atoms with Gasteiger partial charge in [-0.2, -0.15) is 0 Å². The van der Waals surface area contributed by atoms with E-state index in [2.05, 4.69) is 4.74 Å². The number of carbonyl (C=O) groups is 1. The first-order valence-corrected chi connectivity index (χ1v) is 3.20. The lowest BCUT2D eigenvalue weighted by atomic mass is 10.3. The molecule has 1 unspecified atom stereocenters. The maximum atomic E-state index is 10.9. The van der Waals surface area contributed by atoms with Gasteiger partial charge in [-0.05, 0) is 7.05 Å². The fourth-order valence-electron chi connectivity index (χ4n) is 0.996. The largest absolute Gasteiger partial charge is 0.468 e. The van der Waals surface area contributed by atoms with Gasteiger partial charge in [0, 0.05) is 6.54 Å². The minimum Gasteiger partial charge on any atom is -0.468 e. The van der Waals surface area contributed by atoms with Crippen LogP contribution in [0.15, 0.2) is 12.2 Å². The van der Waals surface area contributed by atoms with Crippen molar-refractivity contribution in [2.75, 3.05) is 20.7 Å². The van der Waals surface area contributed by atoms with E-state index in [1.807, 2.05) is 24.1 Å². The van der Waals surface area contributed by atoms with Gasteiger partial charge in [0.1, 0.15) is 6.04 Å². The van der Waals surface area contributed by atoms with Crippen LogP contribution in [0.1, 0.15) is 0 Å². The van der Waals surface area contributed by atoms with Crippen LogP contribution in [0.25, 0.3) is 0 Å². The summed E-state index contributed by atoms with van der Waals surface area (Å²) in [7, 11) is 3.30. The first-order chi connectivity index (χ1) is 4.75. The number of esters is 1. The van der Waals surface area contributed by atoms with E-state index in [4.69, 9.17) is 0 Å². The van der Waals surface area contributed by atoms with Crippen molar-refractivity contribution in [1.82, 2.24) is 4.90 Å². The predicted octanol–water partition coefficient (Wildman–Crippen LogP) is 0.0296. The number of carbonyl (C=O) groups excluding carboxylic acids is 1. The molecule has 0 aromatic carbocycles. The molecule has 0 saturated heterocycles. The van der Waals surface area contributed by atoms with Crippen molar-refractivity contribution in [1.29, 1.82) is 0 Å². The summed E-state index contributed by atoms with van der Waals surface area (Å²) in [6.45, 7) is 0.833. The molecule has 0 N–H and O–H groups in total. The van der Waals surface area contributed by atoms with Crippen LogP contribution in [0, 0.1) is 0 Å². The second-order valence-corrected chi connectivity index (χ2v) is 2.34. The highest BCUT2D eigenvalue weighted by Gasteiger charge is 2.23. The smallest absolute Gasteiger partial charge is 0.327 e. The number of likely N-dealkylation sites (N-methyl/N-ethyl adjacent to an activating group) is 1. The number of hydrogen-bond acceptors (Lipinski definition) is 3. The van der Waals surface area contributed by atoms with Crippen LogP contribution in [0.4, 0.5) is 0 Å². The average Bonchev–Trinajstić information content (AvgIpc) is 2.34. The molecule has 1 aliphatic heterocycles. The molecule has 10 heavy (non-hydrogen) atoms. The van der Waals surface area contributed by atoms with Crippen molar-refractivity contribution in [3.05, 3.63) is 12.2 Å². The normalized spacial score (nSPS) is 25.2. The van der Waals surface area contributed by atoms with Crippen LogP contribution in [0.5, 0.6) is 0 Å². The molecule has 56 valence electrons. The molecule has 0 aliphatic carbocycles. The third-order valence-corrected chi connectivity index (χ3v) is 1.63. The van der Waals surface area contributed by atoms with Gasteiger partial charge >= 0.3 is 5.97 Å².